The normalized spacial score (nSPS) is 10.6. The van der Waals surface area contributed by atoms with Crippen LogP contribution < -0.4 is 5.73 Å². The number of hydrogen-bond donors (Lipinski definition) is 1. The molecule has 0 aliphatic heterocycles. The Morgan fingerprint density at radius 1 is 1.33 bits per heavy atom. The molecular weight excluding hydrogens is 328 g/mol. The smallest absolute Gasteiger partial charge is 0.337 e. The van der Waals surface area contributed by atoms with E-state index in [2.05, 4.69) is 10.2 Å². The van der Waals surface area contributed by atoms with Crippen LogP contribution in [0.4, 0.5) is 0 Å². The molecule has 0 bridgehead atoms. The lowest BCUT2D eigenvalue weighted by atomic mass is 10.1. The summed E-state index contributed by atoms with van der Waals surface area (Å²) in [6.45, 7) is 2.71. The number of carbonyl (C=O) groups is 2. The van der Waals surface area contributed by atoms with Crippen LogP contribution in [0.3, 0.4) is 0 Å². The molecule has 2 N–H and O–H groups in total. The van der Waals surface area contributed by atoms with Crippen LogP contribution in [-0.4, -0.2) is 33.8 Å². The van der Waals surface area contributed by atoms with E-state index in [1.54, 1.807) is 12.1 Å². The number of amides is 1. The van der Waals surface area contributed by atoms with Crippen molar-refractivity contribution in [3.05, 3.63) is 41.2 Å². The van der Waals surface area contributed by atoms with Crippen LogP contribution in [0.2, 0.25) is 0 Å². The van der Waals surface area contributed by atoms with Gasteiger partial charge in [0.25, 0.3) is 0 Å². The number of ether oxygens (including phenoxy) is 1. The molecule has 24 heavy (non-hydrogen) atoms. The van der Waals surface area contributed by atoms with E-state index in [4.69, 9.17) is 10.5 Å². The molecule has 0 saturated heterocycles. The first kappa shape index (κ1) is 18.0. The molecule has 2 rings (SSSR count). The Labute approximate surface area is 144 Å². The van der Waals surface area contributed by atoms with Crippen LogP contribution >= 0.6 is 11.8 Å². The minimum absolute atomic E-state index is 0.254. The van der Waals surface area contributed by atoms with Gasteiger partial charge < -0.3 is 15.0 Å². The Balaban J connectivity index is 2.06. The van der Waals surface area contributed by atoms with Gasteiger partial charge in [-0.3, -0.25) is 4.79 Å². The molecule has 8 heteroatoms. The highest BCUT2D eigenvalue weighted by Crippen LogP contribution is 2.23. The van der Waals surface area contributed by atoms with Crippen LogP contribution in [0.15, 0.2) is 29.4 Å². The van der Waals surface area contributed by atoms with Crippen LogP contribution in [0.5, 0.6) is 0 Å². The first-order valence-corrected chi connectivity index (χ1v) is 8.54. The second-order valence-electron chi connectivity index (χ2n) is 5.09. The molecule has 0 fully saturated rings. The van der Waals surface area contributed by atoms with Crippen molar-refractivity contribution < 1.29 is 14.3 Å². The van der Waals surface area contributed by atoms with Gasteiger partial charge in [0.1, 0.15) is 5.82 Å². The maximum atomic E-state index is 11.6. The van der Waals surface area contributed by atoms with Crippen molar-refractivity contribution in [2.24, 2.45) is 5.73 Å². The third-order valence-electron chi connectivity index (χ3n) is 3.42. The fourth-order valence-electron chi connectivity index (χ4n) is 2.22. The molecule has 1 amide bonds. The zero-order valence-corrected chi connectivity index (χ0v) is 14.5. The van der Waals surface area contributed by atoms with Crippen molar-refractivity contribution in [1.29, 1.82) is 0 Å². The molecule has 0 unspecified atom stereocenters. The molecule has 1 aromatic heterocycles. The van der Waals surface area contributed by atoms with Gasteiger partial charge in [0.2, 0.25) is 5.91 Å². The van der Waals surface area contributed by atoms with E-state index in [1.807, 2.05) is 23.6 Å². The molecule has 0 atom stereocenters. The van der Waals surface area contributed by atoms with Crippen molar-refractivity contribution in [1.82, 2.24) is 14.8 Å². The van der Waals surface area contributed by atoms with Gasteiger partial charge in [0.15, 0.2) is 5.16 Å². The summed E-state index contributed by atoms with van der Waals surface area (Å²) in [5.41, 5.74) is 6.70. The number of aryl methyl sites for hydroxylation is 1. The average molecular weight is 348 g/mol. The predicted molar refractivity (Wildman–Crippen MR) is 90.6 cm³/mol. The van der Waals surface area contributed by atoms with Crippen LogP contribution in [0, 0.1) is 0 Å². The Morgan fingerprint density at radius 2 is 2.12 bits per heavy atom. The summed E-state index contributed by atoms with van der Waals surface area (Å²) in [6, 6.07) is 7.29. The van der Waals surface area contributed by atoms with Gasteiger partial charge in [-0.1, -0.05) is 23.9 Å². The number of nitrogens with two attached hydrogens (primary N) is 1. The summed E-state index contributed by atoms with van der Waals surface area (Å²) in [5.74, 6) is 0.697. The van der Waals surface area contributed by atoms with Crippen molar-refractivity contribution >= 4 is 23.6 Å². The highest BCUT2D eigenvalue weighted by Gasteiger charge is 2.13. The Kier molecular flexibility index (Phi) is 6.36. The number of esters is 1. The maximum absolute atomic E-state index is 11.6. The molecule has 1 heterocycles. The molecular formula is C16H20N4O3S. The Morgan fingerprint density at radius 3 is 2.79 bits per heavy atom. The second-order valence-corrected chi connectivity index (χ2v) is 6.03. The Bertz CT molecular complexity index is 730. The number of rotatable bonds is 8. The topological polar surface area (TPSA) is 100 Å². The SMILES string of the molecule is CCn1c(CCC(N)=O)nnc1SCc1cccc(C(=O)OC)c1. The molecule has 0 spiro atoms. The third-order valence-corrected chi connectivity index (χ3v) is 4.46. The monoisotopic (exact) mass is 348 g/mol. The second kappa shape index (κ2) is 8.49. The van der Waals surface area contributed by atoms with E-state index in [-0.39, 0.29) is 18.3 Å². The van der Waals surface area contributed by atoms with Crippen molar-refractivity contribution in [3.8, 4) is 0 Å². The first-order valence-electron chi connectivity index (χ1n) is 7.55. The van der Waals surface area contributed by atoms with E-state index >= 15 is 0 Å². The lowest BCUT2D eigenvalue weighted by molar-refractivity contribution is -0.118. The van der Waals surface area contributed by atoms with Crippen LogP contribution in [0.25, 0.3) is 0 Å². The predicted octanol–water partition coefficient (Wildman–Crippen LogP) is 1.79. The summed E-state index contributed by atoms with van der Waals surface area (Å²) in [6.07, 6.45) is 0.735. The van der Waals surface area contributed by atoms with E-state index < -0.39 is 0 Å². The van der Waals surface area contributed by atoms with Crippen LogP contribution in [0.1, 0.15) is 35.1 Å². The number of carbonyl (C=O) groups excluding carboxylic acids is 2. The average Bonchev–Trinajstić information content (AvgIpc) is 2.99. The van der Waals surface area contributed by atoms with Gasteiger partial charge in [-0.05, 0) is 24.6 Å². The van der Waals surface area contributed by atoms with E-state index in [9.17, 15) is 9.59 Å². The lowest BCUT2D eigenvalue weighted by Gasteiger charge is -2.07. The summed E-state index contributed by atoms with van der Waals surface area (Å²) in [7, 11) is 1.36. The first-order chi connectivity index (χ1) is 11.5. The van der Waals surface area contributed by atoms with Crippen molar-refractivity contribution in [3.63, 3.8) is 0 Å². The standard InChI is InChI=1S/C16H20N4O3S/c1-3-20-14(8-7-13(17)21)18-19-16(20)24-10-11-5-4-6-12(9-11)15(22)23-2/h4-6,9H,3,7-8,10H2,1-2H3,(H2,17,21). The molecule has 7 nitrogen and oxygen atoms in total. The highest BCUT2D eigenvalue weighted by atomic mass is 32.2. The van der Waals surface area contributed by atoms with E-state index in [0.717, 1.165) is 16.5 Å². The van der Waals surface area contributed by atoms with Gasteiger partial charge in [-0.2, -0.15) is 0 Å². The van der Waals surface area contributed by atoms with Gasteiger partial charge in [-0.25, -0.2) is 4.79 Å². The zero-order valence-electron chi connectivity index (χ0n) is 13.7. The number of hydrogen-bond acceptors (Lipinski definition) is 6. The summed E-state index contributed by atoms with van der Waals surface area (Å²) in [5, 5.41) is 9.10. The van der Waals surface area contributed by atoms with Crippen molar-refractivity contribution in [2.45, 2.75) is 37.2 Å². The molecule has 128 valence electrons. The maximum Gasteiger partial charge on any atom is 0.337 e. The van der Waals surface area contributed by atoms with Gasteiger partial charge in [-0.15, -0.1) is 10.2 Å². The summed E-state index contributed by atoms with van der Waals surface area (Å²) in [4.78, 5) is 22.5. The lowest BCUT2D eigenvalue weighted by Crippen LogP contribution is -2.13. The minimum atomic E-state index is -0.354. The number of benzene rings is 1. The number of methoxy groups -OCH3 is 1. The third kappa shape index (κ3) is 4.58. The van der Waals surface area contributed by atoms with Gasteiger partial charge >= 0.3 is 5.97 Å². The number of primary amides is 1. The number of nitrogens with zero attached hydrogens (tertiary/aromatic N) is 3. The quantitative estimate of drug-likeness (QED) is 0.577. The van der Waals surface area contributed by atoms with Crippen LogP contribution in [-0.2, 0) is 28.2 Å². The van der Waals surface area contributed by atoms with E-state index in [0.29, 0.717) is 24.3 Å². The number of thioether (sulfide) groups is 1. The largest absolute Gasteiger partial charge is 0.465 e. The van der Waals surface area contributed by atoms with Gasteiger partial charge in [0.05, 0.1) is 12.7 Å². The molecule has 1 aromatic carbocycles. The number of aromatic nitrogens is 3. The fourth-order valence-corrected chi connectivity index (χ4v) is 3.18. The fraction of sp³-hybridized carbons (Fsp3) is 0.375. The van der Waals surface area contributed by atoms with Gasteiger partial charge in [0, 0.05) is 25.1 Å². The molecule has 2 aromatic rings. The van der Waals surface area contributed by atoms with E-state index in [1.165, 1.54) is 18.9 Å². The molecule has 0 aliphatic carbocycles. The summed E-state index contributed by atoms with van der Waals surface area (Å²) < 4.78 is 6.70. The highest BCUT2D eigenvalue weighted by molar-refractivity contribution is 7.98. The molecule has 0 saturated carbocycles. The van der Waals surface area contributed by atoms with Crippen molar-refractivity contribution in [2.75, 3.05) is 7.11 Å². The molecule has 0 aliphatic rings. The molecule has 0 radical (unpaired) electrons. The minimum Gasteiger partial charge on any atom is -0.465 e. The summed E-state index contributed by atoms with van der Waals surface area (Å²) >= 11 is 1.53. The zero-order chi connectivity index (χ0) is 17.5. The Hall–Kier alpha value is -2.35.